The van der Waals surface area contributed by atoms with Crippen LogP contribution >= 0.6 is 0 Å². The standard InChI is InChI=1S/C16H24N4O2/c1-11-8-20(14-6-4-3-5-13(11)14)16(21)19-15-7-12(9-22-2)17-10-18-15/h7,10-11,13-14H,3-6,8-9H2,1-2H3,(H,17,18,19,21)/t11-,13-,14+/m0/s1. The molecule has 1 saturated carbocycles. The number of rotatable bonds is 3. The monoisotopic (exact) mass is 304 g/mol. The molecule has 2 aliphatic rings. The van der Waals surface area contributed by atoms with Gasteiger partial charge in [0.05, 0.1) is 12.3 Å². The smallest absolute Gasteiger partial charge is 0.323 e. The minimum atomic E-state index is -0.0386. The molecule has 0 spiro atoms. The Morgan fingerprint density at radius 3 is 3.05 bits per heavy atom. The molecule has 0 bridgehead atoms. The van der Waals surface area contributed by atoms with E-state index in [0.29, 0.717) is 30.3 Å². The van der Waals surface area contributed by atoms with Crippen LogP contribution in [-0.4, -0.2) is 40.6 Å². The van der Waals surface area contributed by atoms with Crippen LogP contribution in [0.25, 0.3) is 0 Å². The molecular weight excluding hydrogens is 280 g/mol. The van der Waals surface area contributed by atoms with E-state index in [9.17, 15) is 4.79 Å². The number of aromatic nitrogens is 2. The lowest BCUT2D eigenvalue weighted by Gasteiger charge is -2.32. The van der Waals surface area contributed by atoms with Crippen LogP contribution in [0.2, 0.25) is 0 Å². The molecule has 1 aliphatic heterocycles. The summed E-state index contributed by atoms with van der Waals surface area (Å²) in [6.07, 6.45) is 6.36. The number of hydrogen-bond donors (Lipinski definition) is 1. The summed E-state index contributed by atoms with van der Waals surface area (Å²) in [5, 5.41) is 2.92. The van der Waals surface area contributed by atoms with Crippen molar-refractivity contribution in [2.24, 2.45) is 11.8 Å². The maximum absolute atomic E-state index is 12.6. The quantitative estimate of drug-likeness (QED) is 0.932. The second kappa shape index (κ2) is 6.60. The van der Waals surface area contributed by atoms with Gasteiger partial charge in [0.2, 0.25) is 0 Å². The molecule has 6 heteroatoms. The molecule has 1 saturated heterocycles. The van der Waals surface area contributed by atoms with Gasteiger partial charge in [-0.15, -0.1) is 0 Å². The maximum Gasteiger partial charge on any atom is 0.323 e. The summed E-state index contributed by atoms with van der Waals surface area (Å²) in [6.45, 7) is 3.52. The molecular formula is C16H24N4O2. The average Bonchev–Trinajstić information content (AvgIpc) is 2.86. The normalized spacial score (nSPS) is 27.5. The number of methoxy groups -OCH3 is 1. The van der Waals surface area contributed by atoms with Gasteiger partial charge < -0.3 is 9.64 Å². The van der Waals surface area contributed by atoms with Gasteiger partial charge in [0, 0.05) is 25.8 Å². The largest absolute Gasteiger partial charge is 0.378 e. The van der Waals surface area contributed by atoms with Gasteiger partial charge in [-0.1, -0.05) is 19.8 Å². The number of nitrogens with one attached hydrogen (secondary N) is 1. The summed E-state index contributed by atoms with van der Waals surface area (Å²) in [7, 11) is 1.62. The van der Waals surface area contributed by atoms with Crippen molar-refractivity contribution < 1.29 is 9.53 Å². The van der Waals surface area contributed by atoms with Crippen molar-refractivity contribution in [1.29, 1.82) is 0 Å². The van der Waals surface area contributed by atoms with E-state index >= 15 is 0 Å². The van der Waals surface area contributed by atoms with Crippen LogP contribution in [0.1, 0.15) is 38.3 Å². The molecule has 0 aromatic carbocycles. The van der Waals surface area contributed by atoms with E-state index in [1.165, 1.54) is 25.6 Å². The number of carbonyl (C=O) groups is 1. The Morgan fingerprint density at radius 2 is 2.23 bits per heavy atom. The zero-order valence-electron chi connectivity index (χ0n) is 13.3. The van der Waals surface area contributed by atoms with Crippen molar-refractivity contribution in [3.05, 3.63) is 18.1 Å². The molecule has 1 aliphatic carbocycles. The van der Waals surface area contributed by atoms with Gasteiger partial charge in [-0.3, -0.25) is 5.32 Å². The van der Waals surface area contributed by atoms with Gasteiger partial charge in [-0.2, -0.15) is 0 Å². The molecule has 0 unspecified atom stereocenters. The van der Waals surface area contributed by atoms with Crippen molar-refractivity contribution in [3.8, 4) is 0 Å². The van der Waals surface area contributed by atoms with E-state index < -0.39 is 0 Å². The number of urea groups is 1. The fourth-order valence-electron chi connectivity index (χ4n) is 3.88. The lowest BCUT2D eigenvalue weighted by Crippen LogP contribution is -2.41. The summed E-state index contributed by atoms with van der Waals surface area (Å²) in [6, 6.07) is 2.12. The Hall–Kier alpha value is -1.69. The van der Waals surface area contributed by atoms with Crippen LogP contribution in [0.15, 0.2) is 12.4 Å². The second-order valence-electron chi connectivity index (χ2n) is 6.40. The summed E-state index contributed by atoms with van der Waals surface area (Å²) < 4.78 is 5.06. The van der Waals surface area contributed by atoms with Gasteiger partial charge >= 0.3 is 6.03 Å². The third-order valence-electron chi connectivity index (χ3n) is 4.91. The summed E-state index contributed by atoms with van der Waals surface area (Å²) >= 11 is 0. The van der Waals surface area contributed by atoms with Gasteiger partial charge in [0.25, 0.3) is 0 Å². The highest BCUT2D eigenvalue weighted by Gasteiger charge is 2.42. The van der Waals surface area contributed by atoms with E-state index in [1.54, 1.807) is 13.2 Å². The summed E-state index contributed by atoms with van der Waals surface area (Å²) in [5.41, 5.74) is 0.762. The molecule has 3 rings (SSSR count). The maximum atomic E-state index is 12.6. The van der Waals surface area contributed by atoms with Crippen molar-refractivity contribution in [2.45, 2.75) is 45.3 Å². The van der Waals surface area contributed by atoms with E-state index in [1.807, 2.05) is 4.90 Å². The van der Waals surface area contributed by atoms with Crippen LogP contribution in [0.4, 0.5) is 10.6 Å². The molecule has 2 amide bonds. The predicted octanol–water partition coefficient (Wildman–Crippen LogP) is 2.67. The Kier molecular flexibility index (Phi) is 4.57. The Morgan fingerprint density at radius 1 is 1.41 bits per heavy atom. The molecule has 1 aromatic heterocycles. The van der Waals surface area contributed by atoms with Crippen molar-refractivity contribution in [2.75, 3.05) is 19.0 Å². The molecule has 120 valence electrons. The van der Waals surface area contributed by atoms with Crippen LogP contribution in [0, 0.1) is 11.8 Å². The molecule has 0 radical (unpaired) electrons. The first-order valence-corrected chi connectivity index (χ1v) is 8.06. The number of hydrogen-bond acceptors (Lipinski definition) is 4. The first-order valence-electron chi connectivity index (χ1n) is 8.06. The zero-order valence-corrected chi connectivity index (χ0v) is 13.3. The molecule has 3 atom stereocenters. The number of fused-ring (bicyclic) bond motifs is 1. The van der Waals surface area contributed by atoms with Gasteiger partial charge in [0.15, 0.2) is 0 Å². The van der Waals surface area contributed by atoms with Crippen molar-refractivity contribution >= 4 is 11.8 Å². The number of ether oxygens (including phenoxy) is 1. The number of amides is 2. The van der Waals surface area contributed by atoms with Crippen LogP contribution in [0.3, 0.4) is 0 Å². The fourth-order valence-corrected chi connectivity index (χ4v) is 3.88. The molecule has 1 N–H and O–H groups in total. The minimum Gasteiger partial charge on any atom is -0.378 e. The zero-order chi connectivity index (χ0) is 15.5. The lowest BCUT2D eigenvalue weighted by atomic mass is 9.80. The molecule has 2 heterocycles. The topological polar surface area (TPSA) is 67.3 Å². The predicted molar refractivity (Wildman–Crippen MR) is 83.4 cm³/mol. The van der Waals surface area contributed by atoms with Crippen molar-refractivity contribution in [1.82, 2.24) is 14.9 Å². The van der Waals surface area contributed by atoms with Crippen molar-refractivity contribution in [3.63, 3.8) is 0 Å². The van der Waals surface area contributed by atoms with E-state index in [4.69, 9.17) is 4.74 Å². The fraction of sp³-hybridized carbons (Fsp3) is 0.688. The Balaban J connectivity index is 1.68. The van der Waals surface area contributed by atoms with E-state index in [-0.39, 0.29) is 6.03 Å². The Labute approximate surface area is 131 Å². The van der Waals surface area contributed by atoms with Gasteiger partial charge in [-0.05, 0) is 24.7 Å². The highest BCUT2D eigenvalue weighted by atomic mass is 16.5. The summed E-state index contributed by atoms with van der Waals surface area (Å²) in [4.78, 5) is 22.9. The second-order valence-corrected chi connectivity index (χ2v) is 6.40. The van der Waals surface area contributed by atoms with Crippen LogP contribution in [0.5, 0.6) is 0 Å². The van der Waals surface area contributed by atoms with E-state index in [2.05, 4.69) is 22.2 Å². The first kappa shape index (κ1) is 15.2. The average molecular weight is 304 g/mol. The van der Waals surface area contributed by atoms with Gasteiger partial charge in [-0.25, -0.2) is 14.8 Å². The summed E-state index contributed by atoms with van der Waals surface area (Å²) in [5.74, 6) is 1.79. The third kappa shape index (κ3) is 3.06. The third-order valence-corrected chi connectivity index (χ3v) is 4.91. The van der Waals surface area contributed by atoms with E-state index in [0.717, 1.165) is 18.7 Å². The SMILES string of the molecule is COCc1cc(NC(=O)N2C[C@H](C)[C@@H]3CCCC[C@H]32)ncn1. The number of nitrogens with zero attached hydrogens (tertiary/aromatic N) is 3. The highest BCUT2D eigenvalue weighted by molar-refractivity contribution is 5.88. The van der Waals surface area contributed by atoms with Crippen LogP contribution in [-0.2, 0) is 11.3 Å². The lowest BCUT2D eigenvalue weighted by molar-refractivity contribution is 0.179. The number of carbonyl (C=O) groups excluding carboxylic acids is 1. The minimum absolute atomic E-state index is 0.0386. The van der Waals surface area contributed by atoms with Crippen LogP contribution < -0.4 is 5.32 Å². The number of anilines is 1. The molecule has 1 aromatic rings. The first-order chi connectivity index (χ1) is 10.7. The molecule has 22 heavy (non-hydrogen) atoms. The number of likely N-dealkylation sites (tertiary alicyclic amines) is 1. The highest BCUT2D eigenvalue weighted by Crippen LogP contribution is 2.39. The van der Waals surface area contributed by atoms with Gasteiger partial charge in [0.1, 0.15) is 12.1 Å². The molecule has 6 nitrogen and oxygen atoms in total. The molecule has 2 fully saturated rings. The Bertz CT molecular complexity index is 537.